The van der Waals surface area contributed by atoms with Crippen molar-refractivity contribution in [1.82, 2.24) is 0 Å². The van der Waals surface area contributed by atoms with Crippen molar-refractivity contribution in [2.75, 3.05) is 6.61 Å². The molecule has 0 aliphatic rings. The lowest BCUT2D eigenvalue weighted by molar-refractivity contribution is 0.363. The van der Waals surface area contributed by atoms with Gasteiger partial charge in [0.1, 0.15) is 12.4 Å². The summed E-state index contributed by atoms with van der Waals surface area (Å²) in [5, 5.41) is 0.591. The van der Waals surface area contributed by atoms with Gasteiger partial charge >= 0.3 is 0 Å². The fourth-order valence-corrected chi connectivity index (χ4v) is 2.05. The molecule has 0 heterocycles. The lowest BCUT2D eigenvalue weighted by atomic mass is 10.1. The quantitative estimate of drug-likeness (QED) is 0.881. The van der Waals surface area contributed by atoms with Crippen LogP contribution in [0.3, 0.4) is 0 Å². The van der Waals surface area contributed by atoms with Gasteiger partial charge in [-0.1, -0.05) is 54.1 Å². The molecule has 20 heavy (non-hydrogen) atoms. The van der Waals surface area contributed by atoms with Crippen LogP contribution in [0, 0.1) is 0 Å². The molecule has 2 aromatic carbocycles. The van der Waals surface area contributed by atoms with Gasteiger partial charge in [0.15, 0.2) is 0 Å². The summed E-state index contributed by atoms with van der Waals surface area (Å²) in [7, 11) is 0. The molecule has 0 saturated carbocycles. The SMILES string of the molecule is C[C@@H](N)c1ccc(OC/C=C/c2ccccc2)c(Cl)c1. The first-order valence-electron chi connectivity index (χ1n) is 6.56. The minimum atomic E-state index is -0.0282. The number of hydrogen-bond acceptors (Lipinski definition) is 2. The van der Waals surface area contributed by atoms with E-state index < -0.39 is 0 Å². The highest BCUT2D eigenvalue weighted by Gasteiger charge is 2.05. The maximum atomic E-state index is 6.16. The van der Waals surface area contributed by atoms with Crippen molar-refractivity contribution in [2.45, 2.75) is 13.0 Å². The minimum Gasteiger partial charge on any atom is -0.488 e. The topological polar surface area (TPSA) is 35.2 Å². The standard InChI is InChI=1S/C17H18ClNO/c1-13(19)15-9-10-17(16(18)12-15)20-11-5-8-14-6-3-2-4-7-14/h2-10,12-13H,11,19H2,1H3/b8-5+/t13-/m1/s1. The molecule has 104 valence electrons. The van der Waals surface area contributed by atoms with Gasteiger partial charge in [0, 0.05) is 6.04 Å². The summed E-state index contributed by atoms with van der Waals surface area (Å²) in [6.45, 7) is 2.40. The van der Waals surface area contributed by atoms with Gasteiger partial charge in [0.05, 0.1) is 5.02 Å². The Bertz CT molecular complexity index is 579. The van der Waals surface area contributed by atoms with Crippen LogP contribution in [0.5, 0.6) is 5.75 Å². The summed E-state index contributed by atoms with van der Waals surface area (Å²) < 4.78 is 5.63. The van der Waals surface area contributed by atoms with Gasteiger partial charge < -0.3 is 10.5 Å². The van der Waals surface area contributed by atoms with E-state index in [2.05, 4.69) is 0 Å². The van der Waals surface area contributed by atoms with Crippen molar-refractivity contribution in [3.8, 4) is 5.75 Å². The molecule has 0 aliphatic heterocycles. The molecule has 2 nitrogen and oxygen atoms in total. The second-order valence-electron chi connectivity index (χ2n) is 4.60. The normalized spacial score (nSPS) is 12.6. The highest BCUT2D eigenvalue weighted by molar-refractivity contribution is 6.32. The van der Waals surface area contributed by atoms with Gasteiger partial charge in [0.2, 0.25) is 0 Å². The van der Waals surface area contributed by atoms with Crippen LogP contribution in [-0.2, 0) is 0 Å². The van der Waals surface area contributed by atoms with Crippen LogP contribution < -0.4 is 10.5 Å². The van der Waals surface area contributed by atoms with Gasteiger partial charge in [0.25, 0.3) is 0 Å². The molecule has 0 aliphatic carbocycles. The monoisotopic (exact) mass is 287 g/mol. The van der Waals surface area contributed by atoms with Gasteiger partial charge in [-0.05, 0) is 36.3 Å². The summed E-state index contributed by atoms with van der Waals surface area (Å²) in [5.41, 5.74) is 7.96. The number of halogens is 1. The van der Waals surface area contributed by atoms with E-state index in [0.29, 0.717) is 17.4 Å². The first-order valence-corrected chi connectivity index (χ1v) is 6.94. The summed E-state index contributed by atoms with van der Waals surface area (Å²) in [4.78, 5) is 0. The van der Waals surface area contributed by atoms with Crippen LogP contribution in [0.1, 0.15) is 24.1 Å². The molecular formula is C17H18ClNO. The molecule has 1 atom stereocenters. The van der Waals surface area contributed by atoms with E-state index in [9.17, 15) is 0 Å². The molecule has 0 aromatic heterocycles. The van der Waals surface area contributed by atoms with E-state index in [1.807, 2.05) is 67.6 Å². The van der Waals surface area contributed by atoms with Gasteiger partial charge in [-0.3, -0.25) is 0 Å². The molecular weight excluding hydrogens is 270 g/mol. The lowest BCUT2D eigenvalue weighted by Crippen LogP contribution is -2.05. The Hall–Kier alpha value is -1.77. The van der Waals surface area contributed by atoms with Crippen molar-refractivity contribution in [1.29, 1.82) is 0 Å². The first kappa shape index (κ1) is 14.6. The summed E-state index contributed by atoms with van der Waals surface area (Å²) in [6, 6.07) is 15.7. The molecule has 3 heteroatoms. The van der Waals surface area contributed by atoms with Gasteiger partial charge in [-0.25, -0.2) is 0 Å². The van der Waals surface area contributed by atoms with E-state index in [-0.39, 0.29) is 6.04 Å². The van der Waals surface area contributed by atoms with Gasteiger partial charge in [-0.15, -0.1) is 0 Å². The summed E-state index contributed by atoms with van der Waals surface area (Å²) in [6.07, 6.45) is 3.98. The summed E-state index contributed by atoms with van der Waals surface area (Å²) >= 11 is 6.16. The fourth-order valence-electron chi connectivity index (χ4n) is 1.80. The van der Waals surface area contributed by atoms with E-state index in [1.54, 1.807) is 0 Å². The number of nitrogens with two attached hydrogens (primary N) is 1. The zero-order valence-electron chi connectivity index (χ0n) is 11.4. The minimum absolute atomic E-state index is 0.0282. The van der Waals surface area contributed by atoms with Crippen LogP contribution in [0.25, 0.3) is 6.08 Å². The van der Waals surface area contributed by atoms with Gasteiger partial charge in [-0.2, -0.15) is 0 Å². The third kappa shape index (κ3) is 4.12. The van der Waals surface area contributed by atoms with Crippen molar-refractivity contribution >= 4 is 17.7 Å². The van der Waals surface area contributed by atoms with Crippen LogP contribution in [0.4, 0.5) is 0 Å². The maximum Gasteiger partial charge on any atom is 0.138 e. The lowest BCUT2D eigenvalue weighted by Gasteiger charge is -2.10. The predicted molar refractivity (Wildman–Crippen MR) is 85.0 cm³/mol. The molecule has 0 unspecified atom stereocenters. The van der Waals surface area contributed by atoms with E-state index in [1.165, 1.54) is 0 Å². The summed E-state index contributed by atoms with van der Waals surface area (Å²) in [5.74, 6) is 0.675. The number of ether oxygens (including phenoxy) is 1. The smallest absolute Gasteiger partial charge is 0.138 e. The van der Waals surface area contributed by atoms with Crippen molar-refractivity contribution in [2.24, 2.45) is 5.73 Å². The van der Waals surface area contributed by atoms with E-state index >= 15 is 0 Å². The predicted octanol–water partition coefficient (Wildman–Crippen LogP) is 4.45. The Kier molecular flexibility index (Phi) is 5.22. The largest absolute Gasteiger partial charge is 0.488 e. The van der Waals surface area contributed by atoms with E-state index in [0.717, 1.165) is 11.1 Å². The first-order chi connectivity index (χ1) is 9.66. The highest BCUT2D eigenvalue weighted by Crippen LogP contribution is 2.27. The molecule has 0 bridgehead atoms. The number of benzene rings is 2. The van der Waals surface area contributed by atoms with Crippen molar-refractivity contribution in [3.63, 3.8) is 0 Å². The molecule has 0 saturated heterocycles. The Morgan fingerprint density at radius 1 is 1.20 bits per heavy atom. The van der Waals surface area contributed by atoms with Crippen LogP contribution in [0.2, 0.25) is 5.02 Å². The zero-order valence-corrected chi connectivity index (χ0v) is 12.2. The average Bonchev–Trinajstić information content (AvgIpc) is 2.46. The van der Waals surface area contributed by atoms with Crippen LogP contribution in [-0.4, -0.2) is 6.61 Å². The van der Waals surface area contributed by atoms with Crippen molar-refractivity contribution in [3.05, 3.63) is 70.8 Å². The molecule has 0 fully saturated rings. The molecule has 2 rings (SSSR count). The highest BCUT2D eigenvalue weighted by atomic mass is 35.5. The zero-order chi connectivity index (χ0) is 14.4. The molecule has 0 radical (unpaired) electrons. The van der Waals surface area contributed by atoms with Crippen LogP contribution >= 0.6 is 11.6 Å². The maximum absolute atomic E-state index is 6.16. The molecule has 0 spiro atoms. The molecule has 2 N–H and O–H groups in total. The number of hydrogen-bond donors (Lipinski definition) is 1. The van der Waals surface area contributed by atoms with E-state index in [4.69, 9.17) is 22.1 Å². The van der Waals surface area contributed by atoms with Crippen LogP contribution in [0.15, 0.2) is 54.6 Å². The second kappa shape index (κ2) is 7.13. The fraction of sp³-hybridized carbons (Fsp3) is 0.176. The average molecular weight is 288 g/mol. The third-order valence-corrected chi connectivity index (χ3v) is 3.22. The Morgan fingerprint density at radius 3 is 2.60 bits per heavy atom. The Labute approximate surface area is 124 Å². The Morgan fingerprint density at radius 2 is 1.95 bits per heavy atom. The number of rotatable bonds is 5. The second-order valence-corrected chi connectivity index (χ2v) is 5.01. The molecule has 0 amide bonds. The van der Waals surface area contributed by atoms with Crippen molar-refractivity contribution < 1.29 is 4.74 Å². The third-order valence-electron chi connectivity index (χ3n) is 2.93. The Balaban J connectivity index is 1.93. The molecule has 2 aromatic rings.